The first-order chi connectivity index (χ1) is 19.2. The van der Waals surface area contributed by atoms with Gasteiger partial charge in [-0.1, -0.05) is 71.9 Å². The van der Waals surface area contributed by atoms with Crippen LogP contribution in [0.3, 0.4) is 0 Å². The summed E-state index contributed by atoms with van der Waals surface area (Å²) >= 11 is 1.43. The van der Waals surface area contributed by atoms with Gasteiger partial charge in [-0.3, -0.25) is 19.5 Å². The molecule has 1 unspecified atom stereocenters. The molecule has 2 amide bonds. The lowest BCUT2D eigenvalue weighted by atomic mass is 10.1. The summed E-state index contributed by atoms with van der Waals surface area (Å²) in [4.78, 5) is 34.9. The molecular formula is C30H24N6O2S. The van der Waals surface area contributed by atoms with Crippen molar-refractivity contribution in [2.45, 2.75) is 19.1 Å². The second-order valence-corrected chi connectivity index (χ2v) is 9.99. The average Bonchev–Trinajstić information content (AvgIpc) is 3.65. The number of nitrogens with one attached hydrogen (secondary N) is 1. The molecule has 6 rings (SSSR count). The highest BCUT2D eigenvalue weighted by Gasteiger charge is 2.34. The van der Waals surface area contributed by atoms with Gasteiger partial charge in [-0.15, -0.1) is 16.4 Å². The predicted molar refractivity (Wildman–Crippen MR) is 152 cm³/mol. The summed E-state index contributed by atoms with van der Waals surface area (Å²) in [6, 6.07) is 29.6. The van der Waals surface area contributed by atoms with E-state index in [4.69, 9.17) is 0 Å². The summed E-state index contributed by atoms with van der Waals surface area (Å²) in [5.74, 6) is -0.595. The van der Waals surface area contributed by atoms with Gasteiger partial charge in [0.05, 0.1) is 22.9 Å². The summed E-state index contributed by atoms with van der Waals surface area (Å²) in [5.41, 5.74) is 3.73. The monoisotopic (exact) mass is 532 g/mol. The minimum atomic E-state index is -0.904. The van der Waals surface area contributed by atoms with Crippen LogP contribution >= 0.6 is 11.3 Å². The number of fused-ring (bicyclic) bond motifs is 2. The Balaban J connectivity index is 1.41. The number of benzene rings is 3. The fraction of sp³-hybridized carbons (Fsp3) is 0.100. The number of amides is 2. The number of anilines is 1. The highest BCUT2D eigenvalue weighted by molar-refractivity contribution is 7.10. The maximum Gasteiger partial charge on any atom is 0.249 e. The van der Waals surface area contributed by atoms with E-state index in [9.17, 15) is 9.59 Å². The Morgan fingerprint density at radius 3 is 2.49 bits per heavy atom. The molecule has 0 aliphatic heterocycles. The van der Waals surface area contributed by atoms with Crippen molar-refractivity contribution in [1.82, 2.24) is 25.3 Å². The van der Waals surface area contributed by atoms with Crippen LogP contribution in [0.1, 0.15) is 16.5 Å². The second kappa shape index (κ2) is 10.8. The van der Waals surface area contributed by atoms with Gasteiger partial charge < -0.3 is 5.32 Å². The molecule has 0 fully saturated rings. The van der Waals surface area contributed by atoms with Gasteiger partial charge in [0.25, 0.3) is 0 Å². The van der Waals surface area contributed by atoms with Crippen LogP contribution in [0.5, 0.6) is 0 Å². The largest absolute Gasteiger partial charge is 0.350 e. The van der Waals surface area contributed by atoms with Gasteiger partial charge in [0.2, 0.25) is 11.8 Å². The highest BCUT2D eigenvalue weighted by atomic mass is 32.1. The van der Waals surface area contributed by atoms with Crippen molar-refractivity contribution in [3.05, 3.63) is 119 Å². The number of carbonyl (C=O) groups excluding carboxylic acids is 2. The zero-order valence-electron chi connectivity index (χ0n) is 20.8. The van der Waals surface area contributed by atoms with Crippen LogP contribution in [0.4, 0.5) is 5.69 Å². The third-order valence-electron chi connectivity index (χ3n) is 6.46. The fourth-order valence-corrected chi connectivity index (χ4v) is 5.38. The van der Waals surface area contributed by atoms with Crippen LogP contribution in [0.15, 0.2) is 109 Å². The van der Waals surface area contributed by atoms with E-state index in [1.807, 2.05) is 102 Å². The molecule has 0 aliphatic rings. The van der Waals surface area contributed by atoms with Crippen molar-refractivity contribution < 1.29 is 9.59 Å². The number of pyridine rings is 1. The minimum absolute atomic E-state index is 0.0961. The zero-order chi connectivity index (χ0) is 26.6. The number of hydrogen-bond acceptors (Lipinski definition) is 6. The van der Waals surface area contributed by atoms with Crippen molar-refractivity contribution >= 4 is 50.8 Å². The number of carbonyl (C=O) groups is 2. The third kappa shape index (κ3) is 5.12. The van der Waals surface area contributed by atoms with Crippen molar-refractivity contribution in [3.63, 3.8) is 0 Å². The molecule has 3 heterocycles. The molecule has 1 N–H and O–H groups in total. The zero-order valence-corrected chi connectivity index (χ0v) is 21.7. The topological polar surface area (TPSA) is 93.0 Å². The first-order valence-corrected chi connectivity index (χ1v) is 13.4. The summed E-state index contributed by atoms with van der Waals surface area (Å²) < 4.78 is 1.56. The Morgan fingerprint density at radius 1 is 0.897 bits per heavy atom. The van der Waals surface area contributed by atoms with Crippen molar-refractivity contribution in [3.8, 4) is 0 Å². The van der Waals surface area contributed by atoms with E-state index >= 15 is 0 Å². The molecule has 0 spiro atoms. The normalized spacial score (nSPS) is 11.9. The lowest BCUT2D eigenvalue weighted by Crippen LogP contribution is -2.45. The molecule has 0 radical (unpaired) electrons. The number of nitrogens with zero attached hydrogens (tertiary/aromatic N) is 5. The predicted octanol–water partition coefficient (Wildman–Crippen LogP) is 5.13. The van der Waals surface area contributed by atoms with Crippen LogP contribution in [0.25, 0.3) is 21.9 Å². The first kappa shape index (κ1) is 24.4. The molecule has 0 bridgehead atoms. The lowest BCUT2D eigenvalue weighted by molar-refractivity contribution is -0.127. The number of rotatable bonds is 8. The van der Waals surface area contributed by atoms with Gasteiger partial charge in [-0.2, -0.15) is 0 Å². The van der Waals surface area contributed by atoms with Crippen molar-refractivity contribution in [1.29, 1.82) is 0 Å². The van der Waals surface area contributed by atoms with Gasteiger partial charge in [-0.25, -0.2) is 4.68 Å². The van der Waals surface area contributed by atoms with Crippen molar-refractivity contribution in [2.75, 3.05) is 4.90 Å². The Kier molecular flexibility index (Phi) is 6.80. The van der Waals surface area contributed by atoms with Gasteiger partial charge >= 0.3 is 0 Å². The van der Waals surface area contributed by atoms with E-state index in [0.29, 0.717) is 17.7 Å². The maximum atomic E-state index is 14.1. The Hall–Kier alpha value is -4.89. The Labute approximate surface area is 228 Å². The third-order valence-corrected chi connectivity index (χ3v) is 7.38. The number of para-hydroxylation sites is 2. The van der Waals surface area contributed by atoms with Crippen LogP contribution < -0.4 is 10.2 Å². The van der Waals surface area contributed by atoms with E-state index < -0.39 is 6.04 Å². The molecule has 192 valence electrons. The molecule has 3 aromatic heterocycles. The van der Waals surface area contributed by atoms with Crippen LogP contribution in [0.2, 0.25) is 0 Å². The average molecular weight is 533 g/mol. The summed E-state index contributed by atoms with van der Waals surface area (Å²) in [5, 5.41) is 14.2. The summed E-state index contributed by atoms with van der Waals surface area (Å²) in [6.07, 6.45) is 1.64. The SMILES string of the molecule is O=C(NCc1ccccc1)C(c1cccs1)N(C(=O)Cn1nnc2ccccc21)c1cnc2ccccc2c1. The van der Waals surface area contributed by atoms with Gasteiger partial charge in [-0.05, 0) is 41.3 Å². The molecule has 3 aromatic carbocycles. The van der Waals surface area contributed by atoms with E-state index in [1.54, 1.807) is 10.9 Å². The molecular weight excluding hydrogens is 508 g/mol. The van der Waals surface area contributed by atoms with Crippen LogP contribution in [-0.2, 0) is 22.7 Å². The second-order valence-electron chi connectivity index (χ2n) is 9.01. The highest BCUT2D eigenvalue weighted by Crippen LogP contribution is 2.32. The van der Waals surface area contributed by atoms with E-state index in [2.05, 4.69) is 20.6 Å². The van der Waals surface area contributed by atoms with Gasteiger partial charge in [0.1, 0.15) is 18.1 Å². The number of aromatic nitrogens is 4. The number of thiophene rings is 1. The minimum Gasteiger partial charge on any atom is -0.350 e. The fourth-order valence-electron chi connectivity index (χ4n) is 4.57. The molecule has 0 saturated carbocycles. The molecule has 6 aromatic rings. The first-order valence-electron chi connectivity index (χ1n) is 12.5. The van der Waals surface area contributed by atoms with E-state index in [-0.39, 0.29) is 18.4 Å². The molecule has 0 saturated heterocycles. The van der Waals surface area contributed by atoms with E-state index in [1.165, 1.54) is 16.2 Å². The lowest BCUT2D eigenvalue weighted by Gasteiger charge is -2.30. The maximum absolute atomic E-state index is 14.1. The number of hydrogen-bond donors (Lipinski definition) is 1. The van der Waals surface area contributed by atoms with Gasteiger partial charge in [0, 0.05) is 16.8 Å². The smallest absolute Gasteiger partial charge is 0.249 e. The van der Waals surface area contributed by atoms with Gasteiger partial charge in [0.15, 0.2) is 0 Å². The van der Waals surface area contributed by atoms with Crippen LogP contribution in [-0.4, -0.2) is 31.8 Å². The molecule has 0 aliphatic carbocycles. The van der Waals surface area contributed by atoms with E-state index in [0.717, 1.165) is 26.9 Å². The Morgan fingerprint density at radius 2 is 1.67 bits per heavy atom. The quantitative estimate of drug-likeness (QED) is 0.293. The Bertz CT molecular complexity index is 1750. The molecule has 9 heteroatoms. The molecule has 1 atom stereocenters. The van der Waals surface area contributed by atoms with Crippen molar-refractivity contribution in [2.24, 2.45) is 0 Å². The molecule has 8 nitrogen and oxygen atoms in total. The standard InChI is InChI=1S/C30H24N6O2S/c37-28(20-35-26-14-7-6-13-25(26)33-34-35)36(23-17-22-11-4-5-12-24(22)31-19-23)29(27-15-8-16-39-27)30(38)32-18-21-9-2-1-3-10-21/h1-17,19,29H,18,20H2,(H,32,38). The summed E-state index contributed by atoms with van der Waals surface area (Å²) in [7, 11) is 0. The van der Waals surface area contributed by atoms with Crippen LogP contribution in [0, 0.1) is 0 Å². The summed E-state index contributed by atoms with van der Waals surface area (Å²) in [6.45, 7) is 0.244. The molecule has 39 heavy (non-hydrogen) atoms.